The molecule has 1 aromatic rings. The number of imide groups is 1. The Morgan fingerprint density at radius 3 is 2.45 bits per heavy atom. The molecule has 0 saturated carbocycles. The average molecular weight is 429 g/mol. The summed E-state index contributed by atoms with van der Waals surface area (Å²) in [6.07, 6.45) is 4.97. The van der Waals surface area contributed by atoms with Gasteiger partial charge in [-0.15, -0.1) is 0 Å². The fourth-order valence-corrected chi connectivity index (χ4v) is 4.99. The van der Waals surface area contributed by atoms with Crippen LogP contribution in [0.15, 0.2) is 18.2 Å². The van der Waals surface area contributed by atoms with Crippen LogP contribution in [0.5, 0.6) is 5.75 Å². The van der Waals surface area contributed by atoms with Crippen LogP contribution >= 0.6 is 0 Å². The van der Waals surface area contributed by atoms with Gasteiger partial charge in [0.15, 0.2) is 6.61 Å². The molecule has 8 heteroatoms. The summed E-state index contributed by atoms with van der Waals surface area (Å²) in [6.45, 7) is 6.15. The highest BCUT2D eigenvalue weighted by atomic mass is 16.5. The maximum atomic E-state index is 12.6. The Bertz CT molecular complexity index is 829. The first kappa shape index (κ1) is 21.6. The van der Waals surface area contributed by atoms with Crippen LogP contribution in [0.2, 0.25) is 0 Å². The predicted molar refractivity (Wildman–Crippen MR) is 117 cm³/mol. The molecule has 0 aromatic heterocycles. The summed E-state index contributed by atoms with van der Waals surface area (Å²) in [5, 5.41) is 5.76. The largest absolute Gasteiger partial charge is 0.484 e. The van der Waals surface area contributed by atoms with E-state index in [2.05, 4.69) is 10.6 Å². The van der Waals surface area contributed by atoms with Crippen molar-refractivity contribution in [3.63, 3.8) is 0 Å². The van der Waals surface area contributed by atoms with Crippen molar-refractivity contribution in [2.75, 3.05) is 44.2 Å². The van der Waals surface area contributed by atoms with Crippen LogP contribution in [-0.4, -0.2) is 62.1 Å². The van der Waals surface area contributed by atoms with E-state index in [-0.39, 0.29) is 24.8 Å². The number of aryl methyl sites for hydroxylation is 1. The van der Waals surface area contributed by atoms with Crippen molar-refractivity contribution in [3.8, 4) is 5.75 Å². The number of rotatable bonds is 5. The summed E-state index contributed by atoms with van der Waals surface area (Å²) in [6, 6.07) is 4.99. The molecule has 0 spiro atoms. The van der Waals surface area contributed by atoms with Crippen molar-refractivity contribution >= 4 is 23.5 Å². The highest BCUT2D eigenvalue weighted by molar-refractivity contribution is 6.05. The number of carbonyl (C=O) groups is 3. The van der Waals surface area contributed by atoms with Gasteiger partial charge < -0.3 is 15.0 Å². The third kappa shape index (κ3) is 5.18. The standard InChI is InChI=1S/C23H32N4O4/c1-16-14-19(2-3-20(16)27-13-8-21(28)25-23(27)30)31-15-22(29)26-11-6-18(7-12-26)17-4-9-24-10-5-17/h2-3,14,17-18,24H,4-13,15H2,1H3,(H,25,28,30). The highest BCUT2D eigenvalue weighted by Gasteiger charge is 2.29. The first-order chi connectivity index (χ1) is 15.0. The smallest absolute Gasteiger partial charge is 0.328 e. The number of nitrogens with one attached hydrogen (secondary N) is 2. The molecule has 2 N–H and O–H groups in total. The summed E-state index contributed by atoms with van der Waals surface area (Å²) in [4.78, 5) is 39.5. The van der Waals surface area contributed by atoms with Gasteiger partial charge in [0.2, 0.25) is 5.91 Å². The van der Waals surface area contributed by atoms with E-state index in [1.165, 1.54) is 12.8 Å². The minimum Gasteiger partial charge on any atom is -0.484 e. The third-order valence-electron chi connectivity index (χ3n) is 6.82. The number of ether oxygens (including phenoxy) is 1. The number of benzene rings is 1. The van der Waals surface area contributed by atoms with E-state index in [4.69, 9.17) is 4.74 Å². The van der Waals surface area contributed by atoms with Gasteiger partial charge in [0.25, 0.3) is 5.91 Å². The normalized spacial score (nSPS) is 21.2. The molecule has 31 heavy (non-hydrogen) atoms. The first-order valence-corrected chi connectivity index (χ1v) is 11.3. The summed E-state index contributed by atoms with van der Waals surface area (Å²) >= 11 is 0. The third-order valence-corrected chi connectivity index (χ3v) is 6.82. The van der Waals surface area contributed by atoms with E-state index >= 15 is 0 Å². The molecule has 1 aromatic carbocycles. The van der Waals surface area contributed by atoms with Gasteiger partial charge >= 0.3 is 6.03 Å². The van der Waals surface area contributed by atoms with E-state index in [1.807, 2.05) is 17.9 Å². The highest BCUT2D eigenvalue weighted by Crippen LogP contribution is 2.31. The molecule has 168 valence electrons. The Labute approximate surface area is 183 Å². The molecule has 3 saturated heterocycles. The molecule has 0 unspecified atom stereocenters. The van der Waals surface area contributed by atoms with Crippen LogP contribution in [0, 0.1) is 18.8 Å². The lowest BCUT2D eigenvalue weighted by Gasteiger charge is -2.37. The lowest BCUT2D eigenvalue weighted by Crippen LogP contribution is -2.49. The second-order valence-electron chi connectivity index (χ2n) is 8.80. The Morgan fingerprint density at radius 1 is 1.06 bits per heavy atom. The average Bonchev–Trinajstić information content (AvgIpc) is 2.79. The van der Waals surface area contributed by atoms with E-state index in [0.29, 0.717) is 12.3 Å². The molecule has 0 atom stereocenters. The Balaban J connectivity index is 1.26. The van der Waals surface area contributed by atoms with Gasteiger partial charge in [-0.1, -0.05) is 0 Å². The SMILES string of the molecule is Cc1cc(OCC(=O)N2CCC(C3CCNCC3)CC2)ccc1N1CCC(=O)NC1=O. The number of anilines is 1. The van der Waals surface area contributed by atoms with E-state index in [9.17, 15) is 14.4 Å². The van der Waals surface area contributed by atoms with Crippen LogP contribution in [0.1, 0.15) is 37.7 Å². The molecular weight excluding hydrogens is 396 g/mol. The van der Waals surface area contributed by atoms with Crippen LogP contribution in [0.4, 0.5) is 10.5 Å². The Hall–Kier alpha value is -2.61. The quantitative estimate of drug-likeness (QED) is 0.749. The van der Waals surface area contributed by atoms with Gasteiger partial charge in [0.05, 0.1) is 0 Å². The summed E-state index contributed by atoms with van der Waals surface area (Å²) in [5.41, 5.74) is 1.60. The molecular formula is C23H32N4O4. The minimum atomic E-state index is -0.406. The fourth-order valence-electron chi connectivity index (χ4n) is 4.99. The number of amides is 4. The van der Waals surface area contributed by atoms with E-state index < -0.39 is 6.03 Å². The first-order valence-electron chi connectivity index (χ1n) is 11.3. The van der Waals surface area contributed by atoms with Crippen LogP contribution in [0.25, 0.3) is 0 Å². The number of carbonyl (C=O) groups excluding carboxylic acids is 3. The second kappa shape index (κ2) is 9.68. The molecule has 3 aliphatic rings. The molecule has 8 nitrogen and oxygen atoms in total. The molecule has 3 fully saturated rings. The number of likely N-dealkylation sites (tertiary alicyclic amines) is 1. The van der Waals surface area contributed by atoms with E-state index in [0.717, 1.165) is 62.1 Å². The number of piperidine rings is 2. The topological polar surface area (TPSA) is 91.0 Å². The number of hydrogen-bond acceptors (Lipinski definition) is 5. The van der Waals surface area contributed by atoms with Gasteiger partial charge in [0.1, 0.15) is 5.75 Å². The summed E-state index contributed by atoms with van der Waals surface area (Å²) in [5.74, 6) is 1.92. The van der Waals surface area contributed by atoms with Crippen molar-refractivity contribution in [2.24, 2.45) is 11.8 Å². The maximum Gasteiger partial charge on any atom is 0.328 e. The van der Waals surface area contributed by atoms with Crippen molar-refractivity contribution in [1.82, 2.24) is 15.5 Å². The molecule has 4 rings (SSSR count). The predicted octanol–water partition coefficient (Wildman–Crippen LogP) is 2.06. The Kier molecular flexibility index (Phi) is 6.75. The van der Waals surface area contributed by atoms with Gasteiger partial charge in [-0.3, -0.25) is 19.8 Å². The fraction of sp³-hybridized carbons (Fsp3) is 0.609. The summed E-state index contributed by atoms with van der Waals surface area (Å²) in [7, 11) is 0. The molecule has 3 heterocycles. The lowest BCUT2D eigenvalue weighted by atomic mass is 9.79. The number of nitrogens with zero attached hydrogens (tertiary/aromatic N) is 2. The zero-order valence-electron chi connectivity index (χ0n) is 18.2. The molecule has 0 radical (unpaired) electrons. The molecule has 3 aliphatic heterocycles. The van der Waals surface area contributed by atoms with Gasteiger partial charge in [-0.05, 0) is 81.3 Å². The van der Waals surface area contributed by atoms with Gasteiger partial charge in [-0.25, -0.2) is 4.79 Å². The van der Waals surface area contributed by atoms with Crippen LogP contribution in [-0.2, 0) is 9.59 Å². The van der Waals surface area contributed by atoms with Crippen LogP contribution in [0.3, 0.4) is 0 Å². The Morgan fingerprint density at radius 2 is 1.77 bits per heavy atom. The molecule has 0 aliphatic carbocycles. The van der Waals surface area contributed by atoms with Crippen molar-refractivity contribution < 1.29 is 19.1 Å². The number of hydrogen-bond donors (Lipinski definition) is 2. The van der Waals surface area contributed by atoms with E-state index in [1.54, 1.807) is 17.0 Å². The van der Waals surface area contributed by atoms with Crippen LogP contribution < -0.4 is 20.3 Å². The zero-order valence-corrected chi connectivity index (χ0v) is 18.2. The maximum absolute atomic E-state index is 12.6. The lowest BCUT2D eigenvalue weighted by molar-refractivity contribution is -0.135. The van der Waals surface area contributed by atoms with Gasteiger partial charge in [-0.2, -0.15) is 0 Å². The minimum absolute atomic E-state index is 0.0233. The molecule has 4 amide bonds. The van der Waals surface area contributed by atoms with Crippen molar-refractivity contribution in [3.05, 3.63) is 23.8 Å². The van der Waals surface area contributed by atoms with Crippen molar-refractivity contribution in [2.45, 2.75) is 39.0 Å². The van der Waals surface area contributed by atoms with Gasteiger partial charge in [0, 0.05) is 31.7 Å². The number of urea groups is 1. The molecule has 0 bridgehead atoms. The zero-order chi connectivity index (χ0) is 21.8. The monoisotopic (exact) mass is 428 g/mol. The summed E-state index contributed by atoms with van der Waals surface area (Å²) < 4.78 is 5.76. The second-order valence-corrected chi connectivity index (χ2v) is 8.80. The van der Waals surface area contributed by atoms with Crippen molar-refractivity contribution in [1.29, 1.82) is 0 Å².